The van der Waals surface area contributed by atoms with Crippen LogP contribution in [-0.4, -0.2) is 80.1 Å². The average molecular weight is 702 g/mol. The normalized spacial score (nSPS) is 18.9. The number of pyridine rings is 2. The average Bonchev–Trinajstić information content (AvgIpc) is 3.70. The van der Waals surface area contributed by atoms with Gasteiger partial charge in [0.15, 0.2) is 5.82 Å². The van der Waals surface area contributed by atoms with E-state index in [2.05, 4.69) is 30.1 Å². The number of nitrogens with zero attached hydrogens (tertiary/aromatic N) is 7. The predicted octanol–water partition coefficient (Wildman–Crippen LogP) is 6.31. The molecule has 0 saturated carbocycles. The summed E-state index contributed by atoms with van der Waals surface area (Å²) in [6.45, 7) is 5.11. The Hall–Kier alpha value is -4.93. The van der Waals surface area contributed by atoms with Gasteiger partial charge in [-0.2, -0.15) is 28.2 Å². The van der Waals surface area contributed by atoms with Gasteiger partial charge < -0.3 is 20.1 Å². The third-order valence-corrected chi connectivity index (χ3v) is 9.42. The van der Waals surface area contributed by atoms with Crippen LogP contribution in [0.25, 0.3) is 33.1 Å². The molecular weight excluding hydrogens is 668 g/mol. The summed E-state index contributed by atoms with van der Waals surface area (Å²) in [6, 6.07) is 0.825. The van der Waals surface area contributed by atoms with E-state index in [1.165, 1.54) is 25.3 Å². The van der Waals surface area contributed by atoms with E-state index in [4.69, 9.17) is 15.2 Å². The smallest absolute Gasteiger partial charge is 0.417 e. The van der Waals surface area contributed by atoms with Crippen molar-refractivity contribution < 1.29 is 35.8 Å². The van der Waals surface area contributed by atoms with Crippen molar-refractivity contribution in [3.63, 3.8) is 0 Å². The molecule has 1 fully saturated rings. The molecule has 3 N–H and O–H groups in total. The van der Waals surface area contributed by atoms with Gasteiger partial charge in [-0.25, -0.2) is 23.1 Å². The molecule has 0 spiro atoms. The van der Waals surface area contributed by atoms with E-state index >= 15 is 4.39 Å². The van der Waals surface area contributed by atoms with Gasteiger partial charge in [-0.05, 0) is 57.9 Å². The number of halogens is 6. The predicted molar refractivity (Wildman–Crippen MR) is 173 cm³/mol. The first kappa shape index (κ1) is 33.6. The highest BCUT2D eigenvalue weighted by Crippen LogP contribution is 2.47. The Labute approximate surface area is 281 Å². The van der Waals surface area contributed by atoms with Crippen molar-refractivity contribution in [2.75, 3.05) is 43.6 Å². The van der Waals surface area contributed by atoms with Crippen LogP contribution in [0.3, 0.4) is 0 Å². The second-order valence-electron chi connectivity index (χ2n) is 12.6. The van der Waals surface area contributed by atoms with Crippen LogP contribution >= 0.6 is 0 Å². The molecule has 6 heterocycles. The van der Waals surface area contributed by atoms with E-state index in [1.54, 1.807) is 18.7 Å². The van der Waals surface area contributed by atoms with Gasteiger partial charge in [0.05, 0.1) is 35.6 Å². The Kier molecular flexibility index (Phi) is 8.56. The van der Waals surface area contributed by atoms with Crippen molar-refractivity contribution in [2.24, 2.45) is 0 Å². The number of H-pyrrole nitrogens is 1. The van der Waals surface area contributed by atoms with Gasteiger partial charge in [0.2, 0.25) is 5.88 Å². The molecule has 4 aromatic heterocycles. The maximum absolute atomic E-state index is 17.1. The first-order valence-electron chi connectivity index (χ1n) is 16.1. The Bertz CT molecular complexity index is 2090. The second-order valence-corrected chi connectivity index (χ2v) is 12.6. The van der Waals surface area contributed by atoms with E-state index in [0.717, 1.165) is 19.0 Å². The minimum Gasteiger partial charge on any atom is -0.475 e. The van der Waals surface area contributed by atoms with Gasteiger partial charge in [-0.3, -0.25) is 10.00 Å². The van der Waals surface area contributed by atoms with Crippen LogP contribution < -0.4 is 20.1 Å². The zero-order chi connectivity index (χ0) is 35.5. The molecule has 50 heavy (non-hydrogen) atoms. The number of nitrogens with two attached hydrogens (primary N) is 1. The lowest BCUT2D eigenvalue weighted by Crippen LogP contribution is -2.39. The van der Waals surface area contributed by atoms with E-state index in [1.807, 2.05) is 4.90 Å². The minimum atomic E-state index is -4.89. The number of likely N-dealkylation sites (tertiary alicyclic amines) is 1. The van der Waals surface area contributed by atoms with Crippen molar-refractivity contribution in [2.45, 2.75) is 57.9 Å². The largest absolute Gasteiger partial charge is 0.475 e. The van der Waals surface area contributed by atoms with Crippen LogP contribution in [0.4, 0.5) is 38.0 Å². The van der Waals surface area contributed by atoms with E-state index in [-0.39, 0.29) is 71.2 Å². The third-order valence-electron chi connectivity index (χ3n) is 9.42. The molecule has 7 rings (SSSR count). The van der Waals surface area contributed by atoms with Crippen LogP contribution in [-0.2, 0) is 6.18 Å². The van der Waals surface area contributed by atoms with Crippen LogP contribution in [0.15, 0.2) is 24.5 Å². The summed E-state index contributed by atoms with van der Waals surface area (Å²) >= 11 is 0. The number of aromatic nitrogens is 6. The fourth-order valence-electron chi connectivity index (χ4n) is 7.12. The number of hydrogen-bond acceptors (Lipinski definition) is 10. The van der Waals surface area contributed by atoms with Crippen LogP contribution in [0.5, 0.6) is 11.9 Å². The monoisotopic (exact) mass is 701 g/mol. The molecule has 0 bridgehead atoms. The number of benzene rings is 1. The second kappa shape index (κ2) is 12.8. The van der Waals surface area contributed by atoms with Crippen LogP contribution in [0.1, 0.15) is 49.4 Å². The molecular formula is C33H33F6N9O2. The molecule has 1 saturated heterocycles. The summed E-state index contributed by atoms with van der Waals surface area (Å²) in [4.78, 5) is 21.1. The van der Waals surface area contributed by atoms with Gasteiger partial charge in [0.25, 0.3) is 0 Å². The number of rotatable bonds is 8. The highest BCUT2D eigenvalue weighted by molar-refractivity contribution is 6.02. The summed E-state index contributed by atoms with van der Waals surface area (Å²) in [5, 5.41) is 6.53. The van der Waals surface area contributed by atoms with E-state index in [9.17, 15) is 22.0 Å². The third kappa shape index (κ3) is 5.76. The Morgan fingerprint density at radius 3 is 2.72 bits per heavy atom. The van der Waals surface area contributed by atoms with Crippen LogP contribution in [0, 0.1) is 18.6 Å². The molecule has 2 aliphatic heterocycles. The van der Waals surface area contributed by atoms with Crippen molar-refractivity contribution in [3.8, 4) is 23.1 Å². The quantitative estimate of drug-likeness (QED) is 0.178. The standard InChI is InChI=1S/C33H33F6N9O2/c1-15-9-22-21(12-42-46-22)23(25(15)33(37,38)39)27-26(36)28-24-30(45-32(44-28)50-14-19-5-4-7-47(19)8-6-34)48(16(2)13-49-31(24)43-27)17(3)20-10-18(35)11-41-29(20)40/h9-12,16-17,19H,4-8,13-14H2,1-3H3,(H2,40,41)(H,42,46)/t16-,17?,19?/m0/s1. The molecule has 5 aromatic rings. The van der Waals surface area contributed by atoms with Crippen molar-refractivity contribution in [3.05, 3.63) is 52.9 Å². The van der Waals surface area contributed by atoms with Crippen LogP contribution in [0.2, 0.25) is 0 Å². The Morgan fingerprint density at radius 1 is 1.16 bits per heavy atom. The lowest BCUT2D eigenvalue weighted by molar-refractivity contribution is -0.137. The van der Waals surface area contributed by atoms with Crippen molar-refractivity contribution >= 4 is 33.4 Å². The summed E-state index contributed by atoms with van der Waals surface area (Å²) in [6.07, 6.45) is -1.18. The SMILES string of the molecule is Cc1cc2[nH]ncc2c(-c2nc3c4c(nc(OCC5CCCN5CCF)nc4c2F)N(C(C)c2cc(F)cnc2N)[C@@H](C)CO3)c1C(F)(F)F. The Morgan fingerprint density at radius 2 is 1.96 bits per heavy atom. The fourth-order valence-corrected chi connectivity index (χ4v) is 7.12. The number of nitrogens with one attached hydrogen (secondary N) is 1. The topological polar surface area (TPSA) is 131 Å². The summed E-state index contributed by atoms with van der Waals surface area (Å²) in [7, 11) is 0. The Balaban J connectivity index is 1.47. The maximum Gasteiger partial charge on any atom is 0.417 e. The molecule has 3 atom stereocenters. The first-order chi connectivity index (χ1) is 23.9. The zero-order valence-corrected chi connectivity index (χ0v) is 27.3. The summed E-state index contributed by atoms with van der Waals surface area (Å²) in [5.74, 6) is -1.88. The molecule has 0 amide bonds. The number of ether oxygens (including phenoxy) is 2. The molecule has 11 nitrogen and oxygen atoms in total. The molecule has 0 aliphatic carbocycles. The van der Waals surface area contributed by atoms with Gasteiger partial charge in [-0.15, -0.1) is 0 Å². The molecule has 2 aliphatic rings. The zero-order valence-electron chi connectivity index (χ0n) is 27.3. The number of aryl methyl sites for hydroxylation is 1. The maximum atomic E-state index is 17.1. The van der Waals surface area contributed by atoms with Gasteiger partial charge in [0, 0.05) is 29.1 Å². The minimum absolute atomic E-state index is 0.00728. The summed E-state index contributed by atoms with van der Waals surface area (Å²) < 4.78 is 101. The number of hydrogen-bond donors (Lipinski definition) is 2. The first-order valence-corrected chi connectivity index (χ1v) is 16.1. The van der Waals surface area contributed by atoms with E-state index in [0.29, 0.717) is 12.1 Å². The van der Waals surface area contributed by atoms with Gasteiger partial charge in [0.1, 0.15) is 53.9 Å². The van der Waals surface area contributed by atoms with Crippen molar-refractivity contribution in [1.82, 2.24) is 35.0 Å². The lowest BCUT2D eigenvalue weighted by Gasteiger charge is -2.35. The molecule has 2 unspecified atom stereocenters. The molecule has 1 aromatic carbocycles. The van der Waals surface area contributed by atoms with E-state index < -0.39 is 58.9 Å². The number of alkyl halides is 4. The molecule has 264 valence electrons. The fraction of sp³-hybridized carbons (Fsp3) is 0.424. The number of aromatic amines is 1. The number of nitrogen functional groups attached to an aromatic ring is 1. The highest BCUT2D eigenvalue weighted by Gasteiger charge is 2.40. The molecule has 0 radical (unpaired) electrons. The number of anilines is 2. The molecule has 17 heteroatoms. The van der Waals surface area contributed by atoms with Crippen molar-refractivity contribution in [1.29, 1.82) is 0 Å². The van der Waals surface area contributed by atoms with Gasteiger partial charge >= 0.3 is 12.2 Å². The van der Waals surface area contributed by atoms with Gasteiger partial charge in [-0.1, -0.05) is 0 Å². The highest BCUT2D eigenvalue weighted by atomic mass is 19.4. The lowest BCUT2D eigenvalue weighted by atomic mass is 9.94. The summed E-state index contributed by atoms with van der Waals surface area (Å²) in [5.41, 5.74) is 3.88. The number of fused-ring (bicyclic) bond motifs is 1.